The molecule has 1 aromatic rings. The van der Waals surface area contributed by atoms with E-state index in [-0.39, 0.29) is 11.8 Å². The van der Waals surface area contributed by atoms with E-state index in [0.29, 0.717) is 32.5 Å². The lowest BCUT2D eigenvalue weighted by atomic mass is 10.1. The van der Waals surface area contributed by atoms with Gasteiger partial charge >= 0.3 is 0 Å². The number of carbonyl (C=O) groups is 2. The summed E-state index contributed by atoms with van der Waals surface area (Å²) in [4.78, 5) is 25.1. The number of nitrogens with one attached hydrogen (secondary N) is 2. The molecule has 1 saturated heterocycles. The Bertz CT molecular complexity index is 447. The quantitative estimate of drug-likeness (QED) is 0.770. The summed E-state index contributed by atoms with van der Waals surface area (Å²) in [5.74, 6) is 0.0695. The summed E-state index contributed by atoms with van der Waals surface area (Å²) in [6.07, 6.45) is 0.734. The van der Waals surface area contributed by atoms with Crippen LogP contribution in [-0.4, -0.2) is 46.5 Å². The normalized spacial score (nSPS) is 16.3. The van der Waals surface area contributed by atoms with Crippen LogP contribution < -0.4 is 5.32 Å². The second-order valence-corrected chi connectivity index (χ2v) is 4.57. The minimum Gasteiger partial charge on any atom is -0.354 e. The van der Waals surface area contributed by atoms with Gasteiger partial charge in [-0.2, -0.15) is 5.10 Å². The highest BCUT2D eigenvalue weighted by Gasteiger charge is 2.20. The van der Waals surface area contributed by atoms with E-state index in [1.807, 2.05) is 13.8 Å². The summed E-state index contributed by atoms with van der Waals surface area (Å²) < 4.78 is 0. The molecular weight excluding hydrogens is 232 g/mol. The molecule has 6 heteroatoms. The highest BCUT2D eigenvalue weighted by Crippen LogP contribution is 2.12. The maximum absolute atomic E-state index is 12.2. The average molecular weight is 250 g/mol. The van der Waals surface area contributed by atoms with Crippen LogP contribution in [0, 0.1) is 13.8 Å². The molecule has 0 aliphatic carbocycles. The average Bonchev–Trinajstić information content (AvgIpc) is 2.56. The number of aromatic nitrogens is 2. The van der Waals surface area contributed by atoms with Crippen molar-refractivity contribution in [3.63, 3.8) is 0 Å². The van der Waals surface area contributed by atoms with Crippen molar-refractivity contribution in [3.8, 4) is 0 Å². The van der Waals surface area contributed by atoms with Gasteiger partial charge in [-0.25, -0.2) is 0 Å². The van der Waals surface area contributed by atoms with Gasteiger partial charge in [0, 0.05) is 37.3 Å². The predicted molar refractivity (Wildman–Crippen MR) is 66.0 cm³/mol. The number of amides is 2. The van der Waals surface area contributed by atoms with Crippen molar-refractivity contribution in [1.29, 1.82) is 0 Å². The Balaban J connectivity index is 2.01. The van der Waals surface area contributed by atoms with Gasteiger partial charge < -0.3 is 10.2 Å². The number of hydrogen-bond donors (Lipinski definition) is 2. The minimum atomic E-state index is 0.0148. The third kappa shape index (κ3) is 2.69. The van der Waals surface area contributed by atoms with E-state index >= 15 is 0 Å². The van der Waals surface area contributed by atoms with Crippen molar-refractivity contribution >= 4 is 11.8 Å². The molecule has 18 heavy (non-hydrogen) atoms. The van der Waals surface area contributed by atoms with Crippen LogP contribution in [0.4, 0.5) is 0 Å². The zero-order valence-corrected chi connectivity index (χ0v) is 10.7. The van der Waals surface area contributed by atoms with E-state index < -0.39 is 0 Å². The number of hydrogen-bond acceptors (Lipinski definition) is 3. The molecule has 1 fully saturated rings. The highest BCUT2D eigenvalue weighted by atomic mass is 16.2. The SMILES string of the molecule is Cc1n[nH]c(C)c1CC(=O)N1CCNC(=O)CC1. The van der Waals surface area contributed by atoms with E-state index in [1.165, 1.54) is 0 Å². The second-order valence-electron chi connectivity index (χ2n) is 4.57. The molecule has 0 bridgehead atoms. The van der Waals surface area contributed by atoms with Crippen LogP contribution in [0.3, 0.4) is 0 Å². The van der Waals surface area contributed by atoms with Gasteiger partial charge in [-0.05, 0) is 13.8 Å². The molecule has 1 aliphatic rings. The van der Waals surface area contributed by atoms with E-state index in [9.17, 15) is 9.59 Å². The molecule has 0 unspecified atom stereocenters. The van der Waals surface area contributed by atoms with Crippen LogP contribution in [-0.2, 0) is 16.0 Å². The monoisotopic (exact) mass is 250 g/mol. The van der Waals surface area contributed by atoms with E-state index in [1.54, 1.807) is 4.90 Å². The van der Waals surface area contributed by atoms with Crippen LogP contribution in [0.5, 0.6) is 0 Å². The molecule has 2 heterocycles. The van der Waals surface area contributed by atoms with Crippen molar-refractivity contribution in [2.45, 2.75) is 26.7 Å². The Hall–Kier alpha value is -1.85. The summed E-state index contributed by atoms with van der Waals surface area (Å²) in [6, 6.07) is 0. The lowest BCUT2D eigenvalue weighted by Gasteiger charge is -2.19. The standard InChI is InChI=1S/C12H18N4O2/c1-8-10(9(2)15-14-8)7-12(18)16-5-3-11(17)13-4-6-16/h3-7H2,1-2H3,(H,13,17)(H,14,15). The molecule has 0 aromatic carbocycles. The fourth-order valence-electron chi connectivity index (χ4n) is 2.11. The van der Waals surface area contributed by atoms with E-state index in [4.69, 9.17) is 0 Å². The van der Waals surface area contributed by atoms with Gasteiger partial charge in [0.15, 0.2) is 0 Å². The zero-order chi connectivity index (χ0) is 13.1. The smallest absolute Gasteiger partial charge is 0.227 e. The second kappa shape index (κ2) is 5.20. The molecule has 0 atom stereocenters. The Morgan fingerprint density at radius 1 is 1.39 bits per heavy atom. The Labute approximate surface area is 106 Å². The van der Waals surface area contributed by atoms with E-state index in [2.05, 4.69) is 15.5 Å². The molecule has 2 N–H and O–H groups in total. The highest BCUT2D eigenvalue weighted by molar-refractivity contribution is 5.81. The molecule has 2 amide bonds. The fourth-order valence-corrected chi connectivity index (χ4v) is 2.11. The number of H-pyrrole nitrogens is 1. The van der Waals surface area contributed by atoms with Crippen LogP contribution in [0.1, 0.15) is 23.4 Å². The van der Waals surface area contributed by atoms with Crippen LogP contribution >= 0.6 is 0 Å². The number of aryl methyl sites for hydroxylation is 2. The molecule has 2 rings (SSSR count). The number of aromatic amines is 1. The maximum Gasteiger partial charge on any atom is 0.227 e. The van der Waals surface area contributed by atoms with Crippen LogP contribution in [0.15, 0.2) is 0 Å². The minimum absolute atomic E-state index is 0.0148. The number of nitrogens with zero attached hydrogens (tertiary/aromatic N) is 2. The van der Waals surface area contributed by atoms with Crippen LogP contribution in [0.25, 0.3) is 0 Å². The molecule has 0 saturated carbocycles. The maximum atomic E-state index is 12.2. The largest absolute Gasteiger partial charge is 0.354 e. The first-order chi connectivity index (χ1) is 8.58. The lowest BCUT2D eigenvalue weighted by Crippen LogP contribution is -2.35. The van der Waals surface area contributed by atoms with Gasteiger partial charge in [0.2, 0.25) is 11.8 Å². The van der Waals surface area contributed by atoms with Crippen molar-refractivity contribution in [1.82, 2.24) is 20.4 Å². The topological polar surface area (TPSA) is 78.1 Å². The first kappa shape index (κ1) is 12.6. The molecular formula is C12H18N4O2. The fraction of sp³-hybridized carbons (Fsp3) is 0.583. The summed E-state index contributed by atoms with van der Waals surface area (Å²) in [6.45, 7) is 5.42. The van der Waals surface area contributed by atoms with Gasteiger partial charge in [-0.1, -0.05) is 0 Å². The molecule has 6 nitrogen and oxygen atoms in total. The number of rotatable bonds is 2. The Morgan fingerprint density at radius 2 is 2.17 bits per heavy atom. The summed E-state index contributed by atoms with van der Waals surface area (Å²) in [5.41, 5.74) is 2.76. The summed E-state index contributed by atoms with van der Waals surface area (Å²) in [5, 5.41) is 9.72. The number of carbonyl (C=O) groups excluding carboxylic acids is 2. The van der Waals surface area contributed by atoms with E-state index in [0.717, 1.165) is 17.0 Å². The lowest BCUT2D eigenvalue weighted by molar-refractivity contribution is -0.130. The zero-order valence-electron chi connectivity index (χ0n) is 10.7. The predicted octanol–water partition coefficient (Wildman–Crippen LogP) is -0.0825. The van der Waals surface area contributed by atoms with Gasteiger partial charge in [0.25, 0.3) is 0 Å². The van der Waals surface area contributed by atoms with Crippen molar-refractivity contribution in [2.75, 3.05) is 19.6 Å². The van der Waals surface area contributed by atoms with Crippen LogP contribution in [0.2, 0.25) is 0 Å². The first-order valence-electron chi connectivity index (χ1n) is 6.13. The molecule has 1 aromatic heterocycles. The summed E-state index contributed by atoms with van der Waals surface area (Å²) >= 11 is 0. The van der Waals surface area contributed by atoms with Crippen molar-refractivity contribution in [2.24, 2.45) is 0 Å². The molecule has 1 aliphatic heterocycles. The van der Waals surface area contributed by atoms with Gasteiger partial charge in [-0.15, -0.1) is 0 Å². The Morgan fingerprint density at radius 3 is 2.83 bits per heavy atom. The molecule has 0 radical (unpaired) electrons. The summed E-state index contributed by atoms with van der Waals surface area (Å²) in [7, 11) is 0. The van der Waals surface area contributed by atoms with Crippen molar-refractivity contribution < 1.29 is 9.59 Å². The Kier molecular flexibility index (Phi) is 3.64. The van der Waals surface area contributed by atoms with Crippen molar-refractivity contribution in [3.05, 3.63) is 17.0 Å². The van der Waals surface area contributed by atoms with Gasteiger partial charge in [0.1, 0.15) is 0 Å². The third-order valence-corrected chi connectivity index (χ3v) is 3.27. The first-order valence-corrected chi connectivity index (χ1v) is 6.13. The molecule has 98 valence electrons. The van der Waals surface area contributed by atoms with Gasteiger partial charge in [-0.3, -0.25) is 14.7 Å². The van der Waals surface area contributed by atoms with Gasteiger partial charge in [0.05, 0.1) is 12.1 Å². The molecule has 0 spiro atoms. The third-order valence-electron chi connectivity index (χ3n) is 3.27.